The maximum atomic E-state index is 9.22. The second kappa shape index (κ2) is 2.30. The summed E-state index contributed by atoms with van der Waals surface area (Å²) in [5.74, 6) is 0. The summed E-state index contributed by atoms with van der Waals surface area (Å²) in [5, 5.41) is 9.22. The average molecular weight is 127 g/mol. The number of hydrogen-bond donors (Lipinski definition) is 1. The Morgan fingerprint density at radius 1 is 1.56 bits per heavy atom. The summed E-state index contributed by atoms with van der Waals surface area (Å²) < 4.78 is 0. The van der Waals surface area contributed by atoms with Crippen LogP contribution in [0, 0.1) is 11.8 Å². The largest absolute Gasteiger partial charge is 0.393 e. The van der Waals surface area contributed by atoms with Crippen molar-refractivity contribution in [1.82, 2.24) is 0 Å². The predicted octanol–water partition coefficient (Wildman–Crippen LogP) is 1.76. The summed E-state index contributed by atoms with van der Waals surface area (Å²) in [6.45, 7) is 4.35. The summed E-state index contributed by atoms with van der Waals surface area (Å²) in [6.07, 6.45) is 5.23. The monoisotopic (exact) mass is 127 g/mol. The fraction of sp³-hybridized carbons (Fsp3) is 0.875. The lowest BCUT2D eigenvalue weighted by Gasteiger charge is -2.32. The molecule has 0 heterocycles. The van der Waals surface area contributed by atoms with Gasteiger partial charge in [-0.05, 0) is 31.1 Å². The summed E-state index contributed by atoms with van der Waals surface area (Å²) in [7, 11) is 0. The first-order valence-corrected chi connectivity index (χ1v) is 3.63. The van der Waals surface area contributed by atoms with Gasteiger partial charge in [0.1, 0.15) is 0 Å². The molecular weight excluding hydrogens is 112 g/mol. The molecule has 1 heteroatoms. The molecule has 1 fully saturated rings. The van der Waals surface area contributed by atoms with Crippen molar-refractivity contribution >= 4 is 0 Å². The van der Waals surface area contributed by atoms with Gasteiger partial charge in [-0.1, -0.05) is 13.8 Å². The smallest absolute Gasteiger partial charge is 0.0545 e. The highest BCUT2D eigenvalue weighted by atomic mass is 16.3. The fourth-order valence-electron chi connectivity index (χ4n) is 1.46. The van der Waals surface area contributed by atoms with Gasteiger partial charge in [0.25, 0.3) is 0 Å². The SMILES string of the molecule is CC1(C)[CH]CCC(O)C1. The zero-order valence-electron chi connectivity index (χ0n) is 6.22. The summed E-state index contributed by atoms with van der Waals surface area (Å²) in [5.41, 5.74) is 0.275. The van der Waals surface area contributed by atoms with Crippen molar-refractivity contribution < 1.29 is 5.11 Å². The van der Waals surface area contributed by atoms with Crippen LogP contribution >= 0.6 is 0 Å². The predicted molar refractivity (Wildman–Crippen MR) is 37.9 cm³/mol. The summed E-state index contributed by atoms with van der Waals surface area (Å²) in [6, 6.07) is 0. The van der Waals surface area contributed by atoms with E-state index in [1.165, 1.54) is 0 Å². The van der Waals surface area contributed by atoms with Crippen LogP contribution in [-0.2, 0) is 0 Å². The van der Waals surface area contributed by atoms with E-state index in [2.05, 4.69) is 20.3 Å². The molecule has 1 aliphatic carbocycles. The lowest BCUT2D eigenvalue weighted by molar-refractivity contribution is 0.0938. The van der Waals surface area contributed by atoms with E-state index in [1.54, 1.807) is 0 Å². The summed E-state index contributed by atoms with van der Waals surface area (Å²) in [4.78, 5) is 0. The second-order valence-corrected chi connectivity index (χ2v) is 3.63. The molecule has 0 bridgehead atoms. The van der Waals surface area contributed by atoms with E-state index in [0.717, 1.165) is 19.3 Å². The van der Waals surface area contributed by atoms with Gasteiger partial charge >= 0.3 is 0 Å². The Morgan fingerprint density at radius 3 is 2.56 bits per heavy atom. The highest BCUT2D eigenvalue weighted by molar-refractivity contribution is 4.91. The number of hydrogen-bond acceptors (Lipinski definition) is 1. The van der Waals surface area contributed by atoms with E-state index in [1.807, 2.05) is 0 Å². The van der Waals surface area contributed by atoms with Gasteiger partial charge in [-0.25, -0.2) is 0 Å². The Labute approximate surface area is 57.1 Å². The number of rotatable bonds is 0. The third-order valence-electron chi connectivity index (χ3n) is 1.96. The van der Waals surface area contributed by atoms with Gasteiger partial charge in [0, 0.05) is 0 Å². The normalized spacial score (nSPS) is 34.3. The van der Waals surface area contributed by atoms with Gasteiger partial charge in [0.2, 0.25) is 0 Å². The molecule has 0 spiro atoms. The van der Waals surface area contributed by atoms with Gasteiger partial charge in [-0.3, -0.25) is 0 Å². The molecule has 0 aromatic rings. The molecule has 0 aromatic heterocycles. The third kappa shape index (κ3) is 1.98. The molecule has 1 radical (unpaired) electrons. The van der Waals surface area contributed by atoms with Crippen LogP contribution in [0.2, 0.25) is 0 Å². The molecule has 1 saturated carbocycles. The zero-order valence-corrected chi connectivity index (χ0v) is 6.22. The molecular formula is C8H15O. The van der Waals surface area contributed by atoms with Crippen LogP contribution in [-0.4, -0.2) is 11.2 Å². The molecule has 53 valence electrons. The Kier molecular flexibility index (Phi) is 1.80. The van der Waals surface area contributed by atoms with E-state index in [-0.39, 0.29) is 11.5 Å². The molecule has 0 saturated heterocycles. The molecule has 0 aliphatic heterocycles. The Balaban J connectivity index is 2.41. The highest BCUT2D eigenvalue weighted by Gasteiger charge is 2.26. The standard InChI is InChI=1S/C8H15O/c1-8(2)5-3-4-7(9)6-8/h5,7,9H,3-4,6H2,1-2H3. The Hall–Kier alpha value is -0.0400. The van der Waals surface area contributed by atoms with Crippen LogP contribution in [0.25, 0.3) is 0 Å². The van der Waals surface area contributed by atoms with Crippen LogP contribution in [0.3, 0.4) is 0 Å². The van der Waals surface area contributed by atoms with E-state index in [0.29, 0.717) is 0 Å². The van der Waals surface area contributed by atoms with Crippen molar-refractivity contribution in [3.05, 3.63) is 6.42 Å². The minimum atomic E-state index is -0.0509. The first-order chi connectivity index (χ1) is 4.10. The van der Waals surface area contributed by atoms with Crippen molar-refractivity contribution in [2.75, 3.05) is 0 Å². The van der Waals surface area contributed by atoms with Crippen LogP contribution in [0.1, 0.15) is 33.1 Å². The maximum Gasteiger partial charge on any atom is 0.0545 e. The first-order valence-electron chi connectivity index (χ1n) is 3.63. The minimum absolute atomic E-state index is 0.0509. The minimum Gasteiger partial charge on any atom is -0.393 e. The van der Waals surface area contributed by atoms with Crippen molar-refractivity contribution in [3.63, 3.8) is 0 Å². The van der Waals surface area contributed by atoms with Gasteiger partial charge < -0.3 is 5.11 Å². The lowest BCUT2D eigenvalue weighted by atomic mass is 9.76. The number of aliphatic hydroxyl groups excluding tert-OH is 1. The third-order valence-corrected chi connectivity index (χ3v) is 1.96. The van der Waals surface area contributed by atoms with E-state index >= 15 is 0 Å². The van der Waals surface area contributed by atoms with Crippen molar-refractivity contribution in [2.24, 2.45) is 5.41 Å². The highest BCUT2D eigenvalue weighted by Crippen LogP contribution is 2.33. The van der Waals surface area contributed by atoms with Crippen molar-refractivity contribution in [1.29, 1.82) is 0 Å². The van der Waals surface area contributed by atoms with Gasteiger partial charge in [-0.15, -0.1) is 0 Å². The van der Waals surface area contributed by atoms with E-state index in [4.69, 9.17) is 0 Å². The van der Waals surface area contributed by atoms with Crippen LogP contribution in [0.5, 0.6) is 0 Å². The van der Waals surface area contributed by atoms with E-state index < -0.39 is 0 Å². The fourth-order valence-corrected chi connectivity index (χ4v) is 1.46. The second-order valence-electron chi connectivity index (χ2n) is 3.63. The molecule has 1 atom stereocenters. The zero-order chi connectivity index (χ0) is 6.91. The molecule has 1 aliphatic rings. The molecule has 0 amide bonds. The molecule has 1 unspecified atom stereocenters. The van der Waals surface area contributed by atoms with Crippen LogP contribution in [0.15, 0.2) is 0 Å². The first kappa shape index (κ1) is 7.07. The molecule has 1 N–H and O–H groups in total. The molecule has 0 aromatic carbocycles. The van der Waals surface area contributed by atoms with E-state index in [9.17, 15) is 5.11 Å². The number of aliphatic hydroxyl groups is 1. The topological polar surface area (TPSA) is 20.2 Å². The van der Waals surface area contributed by atoms with Gasteiger partial charge in [0.15, 0.2) is 0 Å². The van der Waals surface area contributed by atoms with Gasteiger partial charge in [0.05, 0.1) is 6.10 Å². The van der Waals surface area contributed by atoms with Crippen LogP contribution < -0.4 is 0 Å². The van der Waals surface area contributed by atoms with Gasteiger partial charge in [-0.2, -0.15) is 0 Å². The quantitative estimate of drug-likeness (QED) is 0.525. The van der Waals surface area contributed by atoms with Crippen molar-refractivity contribution in [3.8, 4) is 0 Å². The maximum absolute atomic E-state index is 9.22. The molecule has 1 rings (SSSR count). The lowest BCUT2D eigenvalue weighted by Crippen LogP contribution is -2.26. The van der Waals surface area contributed by atoms with Crippen molar-refractivity contribution in [2.45, 2.75) is 39.2 Å². The average Bonchev–Trinajstić information content (AvgIpc) is 1.60. The molecule has 1 nitrogen and oxygen atoms in total. The summed E-state index contributed by atoms with van der Waals surface area (Å²) >= 11 is 0. The Bertz CT molecular complexity index is 96.7. The Morgan fingerprint density at radius 2 is 2.22 bits per heavy atom. The van der Waals surface area contributed by atoms with Crippen LogP contribution in [0.4, 0.5) is 0 Å². The molecule has 9 heavy (non-hydrogen) atoms.